The van der Waals surface area contributed by atoms with Crippen LogP contribution >= 0.6 is 7.60 Å². The van der Waals surface area contributed by atoms with Crippen molar-refractivity contribution in [1.82, 2.24) is 5.32 Å². The fourth-order valence-electron chi connectivity index (χ4n) is 2.65. The number of methoxy groups -OCH3 is 1. The van der Waals surface area contributed by atoms with E-state index in [-0.39, 0.29) is 24.5 Å². The quantitative estimate of drug-likeness (QED) is 0.223. The zero-order valence-corrected chi connectivity index (χ0v) is 19.5. The molecule has 0 spiro atoms. The second-order valence-electron chi connectivity index (χ2n) is 7.26. The number of carbonyl (C=O) groups excluding carboxylic acids is 1. The number of amides is 1. The summed E-state index contributed by atoms with van der Waals surface area (Å²) in [5.41, 5.74) is 1.02. The van der Waals surface area contributed by atoms with Crippen LogP contribution in [0.4, 0.5) is 22.7 Å². The lowest BCUT2D eigenvalue weighted by molar-refractivity contribution is -0.384. The van der Waals surface area contributed by atoms with Gasteiger partial charge in [-0.25, -0.2) is 0 Å². The van der Waals surface area contributed by atoms with E-state index < -0.39 is 30.2 Å². The average molecular weight is 478 g/mol. The van der Waals surface area contributed by atoms with Crippen molar-refractivity contribution in [3.8, 4) is 0 Å². The van der Waals surface area contributed by atoms with Gasteiger partial charge in [0, 0.05) is 45.2 Å². The Bertz CT molecular complexity index is 1050. The van der Waals surface area contributed by atoms with Crippen molar-refractivity contribution in [3.05, 3.63) is 58.1 Å². The molecule has 1 amide bonds. The lowest BCUT2D eigenvalue weighted by Crippen LogP contribution is -2.41. The highest BCUT2D eigenvalue weighted by atomic mass is 31.2. The van der Waals surface area contributed by atoms with Crippen LogP contribution < -0.4 is 15.1 Å². The normalized spacial score (nSPS) is 14.0. The molecule has 1 unspecified atom stereocenters. The summed E-state index contributed by atoms with van der Waals surface area (Å²) < 4.78 is 20.9. The molecule has 0 aliphatic heterocycles. The Labute approximate surface area is 190 Å². The first-order chi connectivity index (χ1) is 15.5. The Morgan fingerprint density at radius 1 is 1.18 bits per heavy atom. The van der Waals surface area contributed by atoms with Gasteiger partial charge in [-0.1, -0.05) is 0 Å². The molecule has 0 radical (unpaired) electrons. The van der Waals surface area contributed by atoms with Crippen molar-refractivity contribution >= 4 is 36.3 Å². The van der Waals surface area contributed by atoms with Crippen molar-refractivity contribution in [1.29, 1.82) is 0 Å². The van der Waals surface area contributed by atoms with Gasteiger partial charge in [-0.3, -0.25) is 14.9 Å². The van der Waals surface area contributed by atoms with Gasteiger partial charge in [0.1, 0.15) is 7.60 Å². The van der Waals surface area contributed by atoms with E-state index in [4.69, 9.17) is 9.26 Å². The first-order valence-electron chi connectivity index (χ1n) is 9.70. The molecule has 0 saturated carbocycles. The van der Waals surface area contributed by atoms with Gasteiger partial charge in [0.05, 0.1) is 29.9 Å². The zero-order chi connectivity index (χ0) is 24.6. The Hall–Kier alpha value is -3.18. The second-order valence-corrected chi connectivity index (χ2v) is 9.07. The van der Waals surface area contributed by atoms with Crippen LogP contribution in [0.15, 0.2) is 52.7 Å². The van der Waals surface area contributed by atoms with Crippen LogP contribution in [0.3, 0.4) is 0 Å². The number of ether oxygens (including phenoxy) is 1. The number of nitro groups is 1. The molecule has 2 aromatic rings. The molecule has 1 N–H and O–H groups in total. The monoisotopic (exact) mass is 478 g/mol. The number of carbonyl (C=O) groups is 1. The van der Waals surface area contributed by atoms with Crippen molar-refractivity contribution in [2.24, 2.45) is 10.2 Å². The lowest BCUT2D eigenvalue weighted by Gasteiger charge is -2.23. The summed E-state index contributed by atoms with van der Waals surface area (Å²) in [4.78, 5) is 36.6. The van der Waals surface area contributed by atoms with Crippen LogP contribution in [0.2, 0.25) is 0 Å². The van der Waals surface area contributed by atoms with E-state index in [0.717, 1.165) is 18.4 Å². The average Bonchev–Trinajstić information content (AvgIpc) is 2.75. The molecule has 0 aromatic heterocycles. The number of benzene rings is 2. The molecule has 12 nitrogen and oxygen atoms in total. The Morgan fingerprint density at radius 2 is 1.85 bits per heavy atom. The van der Waals surface area contributed by atoms with Crippen LogP contribution in [-0.2, 0) is 13.8 Å². The third kappa shape index (κ3) is 8.35. The molecule has 178 valence electrons. The summed E-state index contributed by atoms with van der Waals surface area (Å²) in [6.07, 6.45) is 0. The van der Waals surface area contributed by atoms with E-state index in [2.05, 4.69) is 15.5 Å². The maximum Gasteiger partial charge on any atom is 0.297 e. The predicted octanol–water partition coefficient (Wildman–Crippen LogP) is 3.02. The van der Waals surface area contributed by atoms with E-state index in [1.165, 1.54) is 19.2 Å². The van der Waals surface area contributed by atoms with Gasteiger partial charge in [0.2, 0.25) is 0 Å². The number of nitro benzene ring substituents is 1. The van der Waals surface area contributed by atoms with Gasteiger partial charge < -0.3 is 28.9 Å². The van der Waals surface area contributed by atoms with Gasteiger partial charge >= 0.3 is 0 Å². The highest BCUT2D eigenvalue weighted by Crippen LogP contribution is 2.32. The molecule has 2 rings (SSSR count). The van der Waals surface area contributed by atoms with E-state index in [0.29, 0.717) is 5.69 Å². The van der Waals surface area contributed by atoms with E-state index in [1.807, 2.05) is 31.1 Å². The molecular formula is C20H25N5O7P-. The lowest BCUT2D eigenvalue weighted by atomic mass is 10.1. The molecule has 0 heterocycles. The Morgan fingerprint density at radius 3 is 2.39 bits per heavy atom. The Kier molecular flexibility index (Phi) is 9.18. The molecule has 2 atom stereocenters. The van der Waals surface area contributed by atoms with E-state index in [1.54, 1.807) is 12.1 Å². The SMILES string of the molecule is COC[C@@H](COP(C)(=O)[O-])NC(=O)c1ccc(N=Nc2ccc(N(C)C)cc2)c([N+](=O)[O-])c1. The van der Waals surface area contributed by atoms with E-state index >= 15 is 0 Å². The highest BCUT2D eigenvalue weighted by Gasteiger charge is 2.20. The molecule has 2 aromatic carbocycles. The minimum absolute atomic E-state index is 0.0149. The van der Waals surface area contributed by atoms with Crippen LogP contribution in [0.1, 0.15) is 10.4 Å². The molecule has 0 aliphatic carbocycles. The van der Waals surface area contributed by atoms with E-state index in [9.17, 15) is 24.4 Å². The van der Waals surface area contributed by atoms with Gasteiger partial charge in [-0.05, 0) is 36.4 Å². The number of anilines is 1. The third-order valence-electron chi connectivity index (χ3n) is 4.29. The number of nitrogens with zero attached hydrogens (tertiary/aromatic N) is 4. The van der Waals surface area contributed by atoms with Crippen molar-refractivity contribution < 1.29 is 28.4 Å². The fraction of sp³-hybridized carbons (Fsp3) is 0.350. The molecule has 0 bridgehead atoms. The number of azo groups is 1. The summed E-state index contributed by atoms with van der Waals surface area (Å²) in [5, 5.41) is 22.0. The molecule has 33 heavy (non-hydrogen) atoms. The first-order valence-corrected chi connectivity index (χ1v) is 11.7. The van der Waals surface area contributed by atoms with Crippen LogP contribution in [0, 0.1) is 10.1 Å². The second kappa shape index (κ2) is 11.6. The minimum atomic E-state index is -4.00. The van der Waals surface area contributed by atoms with Crippen molar-refractivity contribution in [2.45, 2.75) is 6.04 Å². The zero-order valence-electron chi connectivity index (χ0n) is 18.6. The number of hydrogen-bond acceptors (Lipinski definition) is 10. The summed E-state index contributed by atoms with van der Waals surface area (Å²) in [5.74, 6) is -0.664. The Balaban J connectivity index is 2.19. The van der Waals surface area contributed by atoms with Crippen molar-refractivity contribution in [2.75, 3.05) is 46.0 Å². The molecule has 0 saturated heterocycles. The molecule has 0 aliphatic rings. The third-order valence-corrected chi connectivity index (χ3v) is 4.90. The van der Waals surface area contributed by atoms with Gasteiger partial charge in [0.25, 0.3) is 11.6 Å². The topological polar surface area (TPSA) is 159 Å². The highest BCUT2D eigenvalue weighted by molar-refractivity contribution is 7.50. The molecule has 13 heteroatoms. The summed E-state index contributed by atoms with van der Waals surface area (Å²) >= 11 is 0. The maximum absolute atomic E-state index is 12.6. The smallest absolute Gasteiger partial charge is 0.297 e. The minimum Gasteiger partial charge on any atom is -0.779 e. The molecule has 0 fully saturated rings. The van der Waals surface area contributed by atoms with Gasteiger partial charge in [0.15, 0.2) is 5.69 Å². The van der Waals surface area contributed by atoms with Crippen LogP contribution in [0.25, 0.3) is 0 Å². The maximum atomic E-state index is 12.6. The summed E-state index contributed by atoms with van der Waals surface area (Å²) in [6.45, 7) is 0.552. The largest absolute Gasteiger partial charge is 0.779 e. The fourth-order valence-corrected chi connectivity index (χ4v) is 3.10. The van der Waals surface area contributed by atoms with Gasteiger partial charge in [-0.2, -0.15) is 5.11 Å². The van der Waals surface area contributed by atoms with Crippen molar-refractivity contribution in [3.63, 3.8) is 0 Å². The number of nitrogens with one attached hydrogen (secondary N) is 1. The summed E-state index contributed by atoms with van der Waals surface area (Å²) in [7, 11) is 1.17. The standard InChI is InChI=1S/C20H26N5O7P/c1-24(2)17-8-6-15(7-9-17)22-23-18-10-5-14(11-19(18)25(27)28)20(26)21-16(12-31-3)13-32-33(4,29)30/h5-11,16H,12-13H2,1-4H3,(H,21,26)(H,29,30)/p-1/t16-/m0/s1. The van der Waals surface area contributed by atoms with Gasteiger partial charge in [-0.15, -0.1) is 5.11 Å². The predicted molar refractivity (Wildman–Crippen MR) is 121 cm³/mol. The summed E-state index contributed by atoms with van der Waals surface area (Å²) in [6, 6.07) is 10.1. The van der Waals surface area contributed by atoms with Crippen LogP contribution in [0.5, 0.6) is 0 Å². The number of rotatable bonds is 11. The van der Waals surface area contributed by atoms with Crippen LogP contribution in [-0.4, -0.2) is 58.0 Å². The first kappa shape index (κ1) is 26.1. The molecular weight excluding hydrogens is 453 g/mol. The number of hydrogen-bond donors (Lipinski definition) is 1.